The molecular weight excluding hydrogens is 375 g/mol. The van der Waals surface area contributed by atoms with Crippen LogP contribution in [0, 0.1) is 0 Å². The number of carboxylic acids is 1. The highest BCUT2D eigenvalue weighted by molar-refractivity contribution is 7.92. The zero-order chi connectivity index (χ0) is 19.4. The molecule has 0 aromatic heterocycles. The van der Waals surface area contributed by atoms with Crippen LogP contribution >= 0.6 is 0 Å². The van der Waals surface area contributed by atoms with Gasteiger partial charge in [0, 0.05) is 11.8 Å². The lowest BCUT2D eigenvalue weighted by molar-refractivity contribution is -0.274. The normalized spacial score (nSPS) is 12.1. The fraction of sp³-hybridized carbons (Fsp3) is 0.0625. The molecule has 0 bridgehead atoms. The fourth-order valence-corrected chi connectivity index (χ4v) is 3.00. The third kappa shape index (κ3) is 5.81. The van der Waals surface area contributed by atoms with Crippen molar-refractivity contribution in [1.82, 2.24) is 0 Å². The van der Waals surface area contributed by atoms with Gasteiger partial charge in [0.1, 0.15) is 5.75 Å². The van der Waals surface area contributed by atoms with E-state index in [9.17, 15) is 26.4 Å². The number of carbonyl (C=O) groups is 1. The maximum atomic E-state index is 12.3. The Balaban J connectivity index is 2.18. The number of benzene rings is 2. The first-order valence-electron chi connectivity index (χ1n) is 6.95. The first kappa shape index (κ1) is 19.3. The maximum Gasteiger partial charge on any atom is 0.573 e. The van der Waals surface area contributed by atoms with E-state index in [-0.39, 0.29) is 10.6 Å². The Hall–Kier alpha value is -3.01. The summed E-state index contributed by atoms with van der Waals surface area (Å²) in [5.74, 6) is -1.67. The summed E-state index contributed by atoms with van der Waals surface area (Å²) in [6, 6.07) is 9.66. The van der Waals surface area contributed by atoms with Crippen LogP contribution in [0.3, 0.4) is 0 Å². The summed E-state index contributed by atoms with van der Waals surface area (Å²) >= 11 is 0. The summed E-state index contributed by atoms with van der Waals surface area (Å²) in [6.07, 6.45) is -2.76. The first-order chi connectivity index (χ1) is 12.0. The molecule has 2 N–H and O–H groups in total. The summed E-state index contributed by atoms with van der Waals surface area (Å²) in [5, 5.41) is 8.59. The second-order valence-corrected chi connectivity index (χ2v) is 6.60. The topological polar surface area (TPSA) is 92.7 Å². The molecule has 2 aromatic rings. The van der Waals surface area contributed by atoms with Gasteiger partial charge in [-0.1, -0.05) is 12.1 Å². The molecular formula is C16H12F3NO5S. The molecule has 10 heteroatoms. The third-order valence-corrected chi connectivity index (χ3v) is 4.31. The minimum Gasteiger partial charge on any atom is -0.478 e. The van der Waals surface area contributed by atoms with Crippen molar-refractivity contribution >= 4 is 27.8 Å². The van der Waals surface area contributed by atoms with Crippen molar-refractivity contribution in [2.75, 3.05) is 4.72 Å². The summed E-state index contributed by atoms with van der Waals surface area (Å²) < 4.78 is 66.9. The number of nitrogens with one attached hydrogen (secondary N) is 1. The molecule has 2 aromatic carbocycles. The van der Waals surface area contributed by atoms with Crippen LogP contribution in [0.2, 0.25) is 0 Å². The van der Waals surface area contributed by atoms with E-state index in [2.05, 4.69) is 9.46 Å². The number of hydrogen-bond acceptors (Lipinski definition) is 4. The van der Waals surface area contributed by atoms with Gasteiger partial charge in [0.25, 0.3) is 10.0 Å². The first-order valence-corrected chi connectivity index (χ1v) is 8.43. The molecule has 0 unspecified atom stereocenters. The van der Waals surface area contributed by atoms with Crippen LogP contribution in [0.4, 0.5) is 18.9 Å². The standard InChI is InChI=1S/C16H12F3NO5S/c17-16(18,19)25-13-7-5-12(6-8-13)20-26(23,24)14-3-1-2-11(10-14)4-9-15(21)22/h1-10,20H,(H,21,22)/b9-4+. The lowest BCUT2D eigenvalue weighted by Crippen LogP contribution is -2.17. The van der Waals surface area contributed by atoms with Gasteiger partial charge < -0.3 is 9.84 Å². The van der Waals surface area contributed by atoms with Crippen LogP contribution in [0.1, 0.15) is 5.56 Å². The molecule has 0 radical (unpaired) electrons. The second-order valence-electron chi connectivity index (χ2n) is 4.92. The Morgan fingerprint density at radius 2 is 1.77 bits per heavy atom. The van der Waals surface area contributed by atoms with Gasteiger partial charge in [-0.3, -0.25) is 4.72 Å². The number of alkyl halides is 3. The van der Waals surface area contributed by atoms with Crippen LogP contribution < -0.4 is 9.46 Å². The van der Waals surface area contributed by atoms with Gasteiger partial charge in [0.05, 0.1) is 4.90 Å². The summed E-state index contributed by atoms with van der Waals surface area (Å²) in [6.45, 7) is 0. The molecule has 26 heavy (non-hydrogen) atoms. The fourth-order valence-electron chi connectivity index (χ4n) is 1.89. The van der Waals surface area contributed by atoms with E-state index < -0.39 is 28.1 Å². The number of aliphatic carboxylic acids is 1. The molecule has 0 heterocycles. The van der Waals surface area contributed by atoms with E-state index in [1.807, 2.05) is 0 Å². The minimum atomic E-state index is -4.84. The highest BCUT2D eigenvalue weighted by Gasteiger charge is 2.31. The number of halogens is 3. The molecule has 2 rings (SSSR count). The van der Waals surface area contributed by atoms with Crippen LogP contribution in [0.5, 0.6) is 5.75 Å². The lowest BCUT2D eigenvalue weighted by atomic mass is 10.2. The van der Waals surface area contributed by atoms with Gasteiger partial charge in [0.2, 0.25) is 0 Å². The quantitative estimate of drug-likeness (QED) is 0.741. The molecule has 0 aliphatic carbocycles. The largest absolute Gasteiger partial charge is 0.573 e. The van der Waals surface area contributed by atoms with E-state index in [1.54, 1.807) is 0 Å². The zero-order valence-electron chi connectivity index (χ0n) is 12.9. The van der Waals surface area contributed by atoms with Gasteiger partial charge in [-0.25, -0.2) is 13.2 Å². The Morgan fingerprint density at radius 1 is 1.12 bits per heavy atom. The molecule has 138 valence electrons. The van der Waals surface area contributed by atoms with Gasteiger partial charge >= 0.3 is 12.3 Å². The van der Waals surface area contributed by atoms with Crippen molar-refractivity contribution < 1.29 is 36.2 Å². The average Bonchev–Trinajstić information content (AvgIpc) is 2.53. The highest BCUT2D eigenvalue weighted by Crippen LogP contribution is 2.25. The molecule has 6 nitrogen and oxygen atoms in total. The van der Waals surface area contributed by atoms with Crippen LogP contribution in [-0.2, 0) is 14.8 Å². The van der Waals surface area contributed by atoms with Crippen molar-refractivity contribution in [3.05, 3.63) is 60.2 Å². The van der Waals surface area contributed by atoms with Gasteiger partial charge in [0.15, 0.2) is 0 Å². The molecule has 0 amide bonds. The SMILES string of the molecule is O=C(O)/C=C/c1cccc(S(=O)(=O)Nc2ccc(OC(F)(F)F)cc2)c1. The van der Waals surface area contributed by atoms with Crippen molar-refractivity contribution in [1.29, 1.82) is 0 Å². The van der Waals surface area contributed by atoms with Crippen molar-refractivity contribution in [2.24, 2.45) is 0 Å². The minimum absolute atomic E-state index is 0.0333. The predicted molar refractivity (Wildman–Crippen MR) is 87.0 cm³/mol. The van der Waals surface area contributed by atoms with E-state index in [1.165, 1.54) is 30.3 Å². The maximum absolute atomic E-state index is 12.3. The predicted octanol–water partition coefficient (Wildman–Crippen LogP) is 3.48. The number of rotatable bonds is 6. The van der Waals surface area contributed by atoms with Crippen molar-refractivity contribution in [3.8, 4) is 5.75 Å². The third-order valence-electron chi connectivity index (χ3n) is 2.93. The Bertz CT molecular complexity index is 922. The van der Waals surface area contributed by atoms with Crippen molar-refractivity contribution in [2.45, 2.75) is 11.3 Å². The second kappa shape index (κ2) is 7.48. The number of carboxylic acid groups (broad SMARTS) is 1. The van der Waals surface area contributed by atoms with Crippen molar-refractivity contribution in [3.63, 3.8) is 0 Å². The highest BCUT2D eigenvalue weighted by atomic mass is 32.2. The van der Waals surface area contributed by atoms with E-state index in [4.69, 9.17) is 5.11 Å². The Morgan fingerprint density at radius 3 is 2.35 bits per heavy atom. The number of hydrogen-bond donors (Lipinski definition) is 2. The summed E-state index contributed by atoms with van der Waals surface area (Å²) in [4.78, 5) is 10.4. The van der Waals surface area contributed by atoms with Gasteiger partial charge in [-0.15, -0.1) is 13.2 Å². The van der Waals surface area contributed by atoms with Crippen LogP contribution in [0.15, 0.2) is 59.5 Å². The molecule has 0 aliphatic heterocycles. The average molecular weight is 387 g/mol. The molecule has 0 aliphatic rings. The van der Waals surface area contributed by atoms with Gasteiger partial charge in [-0.05, 0) is 48.0 Å². The lowest BCUT2D eigenvalue weighted by Gasteiger charge is -2.11. The monoisotopic (exact) mass is 387 g/mol. The Labute approximate surface area is 146 Å². The van der Waals surface area contributed by atoms with Gasteiger partial charge in [-0.2, -0.15) is 0 Å². The van der Waals surface area contributed by atoms with Crippen LogP contribution in [0.25, 0.3) is 6.08 Å². The smallest absolute Gasteiger partial charge is 0.478 e. The van der Waals surface area contributed by atoms with E-state index >= 15 is 0 Å². The van der Waals surface area contributed by atoms with E-state index in [0.29, 0.717) is 5.56 Å². The number of ether oxygens (including phenoxy) is 1. The molecule has 0 atom stereocenters. The summed E-state index contributed by atoms with van der Waals surface area (Å²) in [7, 11) is -4.02. The van der Waals surface area contributed by atoms with E-state index in [0.717, 1.165) is 30.3 Å². The summed E-state index contributed by atoms with van der Waals surface area (Å²) in [5.41, 5.74) is 0.384. The number of anilines is 1. The molecule has 0 saturated heterocycles. The molecule has 0 saturated carbocycles. The number of sulfonamides is 1. The Kier molecular flexibility index (Phi) is 5.56. The van der Waals surface area contributed by atoms with Crippen LogP contribution in [-0.4, -0.2) is 25.9 Å². The molecule has 0 spiro atoms. The molecule has 0 fully saturated rings. The zero-order valence-corrected chi connectivity index (χ0v) is 13.7.